The van der Waals surface area contributed by atoms with Crippen molar-refractivity contribution in [3.63, 3.8) is 0 Å². The fourth-order valence-corrected chi connectivity index (χ4v) is 5.27. The van der Waals surface area contributed by atoms with Crippen molar-refractivity contribution in [1.29, 1.82) is 0 Å². The minimum absolute atomic E-state index is 0.0292. The van der Waals surface area contributed by atoms with E-state index < -0.39 is 12.2 Å². The highest BCUT2D eigenvalue weighted by Gasteiger charge is 2.47. The molecule has 2 rings (SSSR count). The molecular weight excluding hydrogens is 392 g/mol. The lowest BCUT2D eigenvalue weighted by molar-refractivity contribution is -0.0339. The predicted octanol–water partition coefficient (Wildman–Crippen LogP) is 6.18. The molecule has 0 heterocycles. The van der Waals surface area contributed by atoms with Gasteiger partial charge in [0, 0.05) is 6.04 Å². The number of hydrogen-bond acceptors (Lipinski definition) is 4. The van der Waals surface area contributed by atoms with Gasteiger partial charge in [-0.25, -0.2) is 9.59 Å². The van der Waals surface area contributed by atoms with Crippen LogP contribution in [0, 0.1) is 10.8 Å². The molecule has 0 aliphatic heterocycles. The zero-order valence-corrected chi connectivity index (χ0v) is 19.6. The number of ether oxygens (including phenoxy) is 2. The van der Waals surface area contributed by atoms with Crippen LogP contribution in [0.5, 0.6) is 5.75 Å². The highest BCUT2D eigenvalue weighted by Crippen LogP contribution is 2.49. The van der Waals surface area contributed by atoms with Crippen LogP contribution in [0.1, 0.15) is 85.5 Å². The third-order valence-corrected chi connectivity index (χ3v) is 6.32. The normalized spacial score (nSPS) is 23.5. The second-order valence-corrected chi connectivity index (χ2v) is 10.1. The Morgan fingerprint density at radius 1 is 1.10 bits per heavy atom. The van der Waals surface area contributed by atoms with Gasteiger partial charge in [-0.2, -0.15) is 0 Å². The van der Waals surface area contributed by atoms with Crippen LogP contribution < -0.4 is 15.8 Å². The first-order valence-corrected chi connectivity index (χ1v) is 11.6. The molecule has 0 spiro atoms. The second-order valence-electron chi connectivity index (χ2n) is 10.1. The zero-order valence-electron chi connectivity index (χ0n) is 19.6. The van der Waals surface area contributed by atoms with Crippen LogP contribution in [-0.4, -0.2) is 24.3 Å². The molecule has 1 aromatic rings. The minimum Gasteiger partial charge on any atom is -0.446 e. The summed E-state index contributed by atoms with van der Waals surface area (Å²) < 4.78 is 10.9. The van der Waals surface area contributed by atoms with E-state index in [-0.39, 0.29) is 23.0 Å². The van der Waals surface area contributed by atoms with Crippen molar-refractivity contribution < 1.29 is 19.1 Å². The molecule has 31 heavy (non-hydrogen) atoms. The van der Waals surface area contributed by atoms with Crippen molar-refractivity contribution in [2.24, 2.45) is 16.6 Å². The molecule has 0 radical (unpaired) electrons. The average Bonchev–Trinajstić information content (AvgIpc) is 2.65. The van der Waals surface area contributed by atoms with Crippen LogP contribution in [0.2, 0.25) is 0 Å². The van der Waals surface area contributed by atoms with Gasteiger partial charge in [0.1, 0.15) is 11.9 Å². The maximum Gasteiger partial charge on any atom is 0.412 e. The SMILES string of the molecule is CCCCCCCC(NC(=O)Oc1ccccc1)C1(C)CC(OC(N)=O)CC(C)(C)C1. The first-order valence-electron chi connectivity index (χ1n) is 11.6. The molecule has 0 bridgehead atoms. The van der Waals surface area contributed by atoms with Crippen LogP contribution in [0.4, 0.5) is 9.59 Å². The lowest BCUT2D eigenvalue weighted by Crippen LogP contribution is -2.53. The molecule has 3 unspecified atom stereocenters. The Bertz CT molecular complexity index is 707. The van der Waals surface area contributed by atoms with Crippen LogP contribution in [0.25, 0.3) is 0 Å². The van der Waals surface area contributed by atoms with Gasteiger partial charge in [0.25, 0.3) is 0 Å². The first kappa shape index (κ1) is 25.0. The van der Waals surface area contributed by atoms with Gasteiger partial charge in [-0.1, -0.05) is 78.0 Å². The fourth-order valence-electron chi connectivity index (χ4n) is 5.27. The van der Waals surface area contributed by atoms with E-state index in [4.69, 9.17) is 15.2 Å². The number of nitrogens with one attached hydrogen (secondary N) is 1. The van der Waals surface area contributed by atoms with Crippen LogP contribution >= 0.6 is 0 Å². The second kappa shape index (κ2) is 11.4. The Balaban J connectivity index is 2.13. The molecule has 3 atom stereocenters. The van der Waals surface area contributed by atoms with Crippen LogP contribution in [0.3, 0.4) is 0 Å². The van der Waals surface area contributed by atoms with Gasteiger partial charge in [0.05, 0.1) is 0 Å². The zero-order chi connectivity index (χ0) is 22.9. The van der Waals surface area contributed by atoms with Gasteiger partial charge in [0.15, 0.2) is 0 Å². The molecule has 0 saturated heterocycles. The molecule has 6 nitrogen and oxygen atoms in total. The Hall–Kier alpha value is -2.24. The van der Waals surface area contributed by atoms with Gasteiger partial charge in [0.2, 0.25) is 0 Å². The number of hydrogen-bond donors (Lipinski definition) is 2. The summed E-state index contributed by atoms with van der Waals surface area (Å²) in [6, 6.07) is 9.01. The summed E-state index contributed by atoms with van der Waals surface area (Å²) in [5.74, 6) is 0.519. The average molecular weight is 433 g/mol. The number of unbranched alkanes of at least 4 members (excludes halogenated alkanes) is 4. The maximum atomic E-state index is 12.7. The van der Waals surface area contributed by atoms with E-state index in [0.717, 1.165) is 32.1 Å². The van der Waals surface area contributed by atoms with Crippen LogP contribution in [0.15, 0.2) is 30.3 Å². The molecule has 1 saturated carbocycles. The summed E-state index contributed by atoms with van der Waals surface area (Å²) in [6.45, 7) is 8.75. The summed E-state index contributed by atoms with van der Waals surface area (Å²) in [5, 5.41) is 3.15. The molecule has 174 valence electrons. The van der Waals surface area contributed by atoms with Gasteiger partial charge < -0.3 is 20.5 Å². The summed E-state index contributed by atoms with van der Waals surface area (Å²) in [7, 11) is 0. The van der Waals surface area contributed by atoms with E-state index in [0.29, 0.717) is 12.2 Å². The Morgan fingerprint density at radius 3 is 2.42 bits per heavy atom. The number of nitrogens with two attached hydrogens (primary N) is 1. The van der Waals surface area contributed by atoms with Crippen molar-refractivity contribution in [3.05, 3.63) is 30.3 Å². The summed E-state index contributed by atoms with van der Waals surface area (Å²) in [6.07, 6.45) is 7.60. The van der Waals surface area contributed by atoms with Gasteiger partial charge >= 0.3 is 12.2 Å². The van der Waals surface area contributed by atoms with Crippen molar-refractivity contribution in [2.45, 2.75) is 97.6 Å². The first-order chi connectivity index (χ1) is 14.6. The van der Waals surface area contributed by atoms with E-state index in [1.165, 1.54) is 19.3 Å². The predicted molar refractivity (Wildman–Crippen MR) is 123 cm³/mol. The molecule has 1 aliphatic rings. The maximum absolute atomic E-state index is 12.7. The van der Waals surface area contributed by atoms with E-state index in [1.807, 2.05) is 18.2 Å². The molecular formula is C25H40N2O4. The number of para-hydroxylation sites is 1. The summed E-state index contributed by atoms with van der Waals surface area (Å²) >= 11 is 0. The number of amides is 2. The highest BCUT2D eigenvalue weighted by molar-refractivity contribution is 5.70. The van der Waals surface area contributed by atoms with Crippen molar-refractivity contribution in [1.82, 2.24) is 5.32 Å². The lowest BCUT2D eigenvalue weighted by atomic mass is 9.60. The topological polar surface area (TPSA) is 90.7 Å². The van der Waals surface area contributed by atoms with Crippen LogP contribution in [-0.2, 0) is 4.74 Å². The smallest absolute Gasteiger partial charge is 0.412 e. The fraction of sp³-hybridized carbons (Fsp3) is 0.680. The molecule has 6 heteroatoms. The number of rotatable bonds is 10. The molecule has 0 aromatic heterocycles. The molecule has 3 N–H and O–H groups in total. The van der Waals surface area contributed by atoms with E-state index >= 15 is 0 Å². The van der Waals surface area contributed by atoms with E-state index in [1.54, 1.807) is 12.1 Å². The summed E-state index contributed by atoms with van der Waals surface area (Å²) in [5.41, 5.74) is 5.06. The van der Waals surface area contributed by atoms with Crippen molar-refractivity contribution in [2.75, 3.05) is 0 Å². The third kappa shape index (κ3) is 8.42. The quantitative estimate of drug-likeness (QED) is 0.432. The Labute approximate surface area is 187 Å². The molecule has 1 aliphatic carbocycles. The number of benzene rings is 1. The van der Waals surface area contributed by atoms with Gasteiger partial charge in [-0.05, 0) is 48.6 Å². The molecule has 1 aromatic carbocycles. The number of carbonyl (C=O) groups is 2. The number of primary amides is 1. The summed E-state index contributed by atoms with van der Waals surface area (Å²) in [4.78, 5) is 24.1. The third-order valence-electron chi connectivity index (χ3n) is 6.32. The van der Waals surface area contributed by atoms with Gasteiger partial charge in [-0.15, -0.1) is 0 Å². The largest absolute Gasteiger partial charge is 0.446 e. The van der Waals surface area contributed by atoms with Crippen molar-refractivity contribution in [3.8, 4) is 5.75 Å². The Morgan fingerprint density at radius 2 is 1.77 bits per heavy atom. The standard InChI is InChI=1S/C25H40N2O4/c1-5-6-7-8-12-15-21(27-23(29)31-19-13-10-9-11-14-19)25(4)17-20(30-22(26)28)16-24(2,3)18-25/h9-11,13-14,20-21H,5-8,12,15-18H2,1-4H3,(H2,26,28)(H,27,29). The Kier molecular flexibility index (Phi) is 9.20. The monoisotopic (exact) mass is 432 g/mol. The lowest BCUT2D eigenvalue weighted by Gasteiger charge is -2.49. The molecule has 1 fully saturated rings. The molecule has 2 amide bonds. The number of carbonyl (C=O) groups excluding carboxylic acids is 2. The highest BCUT2D eigenvalue weighted by atomic mass is 16.6. The van der Waals surface area contributed by atoms with Gasteiger partial charge in [-0.3, -0.25) is 0 Å². The minimum atomic E-state index is -0.738. The van der Waals surface area contributed by atoms with E-state index in [2.05, 4.69) is 33.0 Å². The van der Waals surface area contributed by atoms with Crippen molar-refractivity contribution >= 4 is 12.2 Å². The van der Waals surface area contributed by atoms with E-state index in [9.17, 15) is 9.59 Å².